The van der Waals surface area contributed by atoms with Crippen molar-refractivity contribution in [3.05, 3.63) is 59.6 Å². The smallest absolute Gasteiger partial charge is 0.113 e. The van der Waals surface area contributed by atoms with E-state index in [4.69, 9.17) is 22.1 Å². The molecule has 0 radical (unpaired) electrons. The van der Waals surface area contributed by atoms with Gasteiger partial charge in [-0.05, 0) is 23.6 Å². The average Bonchev–Trinajstić information content (AvgIpc) is 3.32. The lowest BCUT2D eigenvalue weighted by atomic mass is 10.2. The van der Waals surface area contributed by atoms with Crippen LogP contribution in [0.1, 0.15) is 5.56 Å². The second kappa shape index (κ2) is 6.84. The number of rotatable bonds is 3. The van der Waals surface area contributed by atoms with Gasteiger partial charge in [-0.3, -0.25) is 0 Å². The first kappa shape index (κ1) is 15.5. The summed E-state index contributed by atoms with van der Waals surface area (Å²) in [5.41, 5.74) is 3.00. The number of para-hydroxylation sites is 1. The number of aromatic nitrogens is 2. The first-order chi connectivity index (χ1) is 11.8. The number of hydrogen-bond acceptors (Lipinski definition) is 4. The van der Waals surface area contributed by atoms with E-state index in [0.29, 0.717) is 0 Å². The highest BCUT2D eigenvalue weighted by Gasteiger charge is 2.22. The topological polar surface area (TPSA) is 30.3 Å². The molecule has 0 bridgehead atoms. The van der Waals surface area contributed by atoms with Gasteiger partial charge in [0.05, 0.1) is 29.3 Å². The largest absolute Gasteiger partial charge is 0.378 e. The molecule has 0 N–H and O–H groups in total. The zero-order valence-corrected chi connectivity index (χ0v) is 14.7. The number of hydrogen-bond donors (Lipinski definition) is 0. The van der Waals surface area contributed by atoms with Gasteiger partial charge in [0, 0.05) is 19.3 Å². The molecule has 0 spiro atoms. The lowest BCUT2D eigenvalue weighted by Crippen LogP contribution is -2.40. The van der Waals surface area contributed by atoms with Crippen molar-refractivity contribution < 1.29 is 4.74 Å². The molecule has 4 nitrogen and oxygen atoms in total. The molecule has 0 saturated carbocycles. The maximum atomic E-state index is 5.79. The van der Waals surface area contributed by atoms with Gasteiger partial charge in [0.15, 0.2) is 0 Å². The second-order valence-corrected chi connectivity index (χ2v) is 6.89. The Bertz CT molecular complexity index is 821. The van der Waals surface area contributed by atoms with Crippen LogP contribution in [0.3, 0.4) is 0 Å². The molecular formula is C18H17N3OS2. The van der Waals surface area contributed by atoms with Crippen molar-refractivity contribution in [1.82, 2.24) is 14.7 Å². The fourth-order valence-corrected chi connectivity index (χ4v) is 3.83. The third-order valence-electron chi connectivity index (χ3n) is 4.02. The highest BCUT2D eigenvalue weighted by Crippen LogP contribution is 2.29. The number of nitrogens with zero attached hydrogens (tertiary/aromatic N) is 3. The zero-order chi connectivity index (χ0) is 16.4. The van der Waals surface area contributed by atoms with Crippen LogP contribution >= 0.6 is 23.6 Å². The summed E-state index contributed by atoms with van der Waals surface area (Å²) in [6.07, 6.45) is 2.04. The highest BCUT2D eigenvalue weighted by atomic mass is 32.1. The Kier molecular flexibility index (Phi) is 4.42. The van der Waals surface area contributed by atoms with E-state index in [1.165, 1.54) is 0 Å². The third kappa shape index (κ3) is 3.00. The van der Waals surface area contributed by atoms with E-state index in [9.17, 15) is 0 Å². The van der Waals surface area contributed by atoms with Gasteiger partial charge >= 0.3 is 0 Å². The van der Waals surface area contributed by atoms with E-state index in [0.717, 1.165) is 53.1 Å². The molecule has 0 aliphatic carbocycles. The fourth-order valence-electron chi connectivity index (χ4n) is 2.78. The van der Waals surface area contributed by atoms with Gasteiger partial charge in [0.1, 0.15) is 10.7 Å². The maximum Gasteiger partial charge on any atom is 0.113 e. The van der Waals surface area contributed by atoms with E-state index in [1.54, 1.807) is 11.3 Å². The molecule has 122 valence electrons. The Morgan fingerprint density at radius 3 is 2.58 bits per heavy atom. The first-order valence-corrected chi connectivity index (χ1v) is 9.18. The molecule has 6 heteroatoms. The molecule has 0 atom stereocenters. The van der Waals surface area contributed by atoms with Crippen molar-refractivity contribution in [3.8, 4) is 16.3 Å². The first-order valence-electron chi connectivity index (χ1n) is 7.89. The van der Waals surface area contributed by atoms with E-state index >= 15 is 0 Å². The number of ether oxygens (including phenoxy) is 1. The molecule has 1 fully saturated rings. The Balaban J connectivity index is 1.76. The van der Waals surface area contributed by atoms with Gasteiger partial charge in [-0.25, -0.2) is 4.68 Å². The Morgan fingerprint density at radius 2 is 1.88 bits per heavy atom. The normalized spacial score (nSPS) is 14.8. The van der Waals surface area contributed by atoms with Crippen LogP contribution in [0, 0.1) is 0 Å². The Labute approximate surface area is 150 Å². The summed E-state index contributed by atoms with van der Waals surface area (Å²) < 4.78 is 7.36. The number of benzene rings is 1. The number of thiophene rings is 1. The van der Waals surface area contributed by atoms with Crippen LogP contribution in [0.2, 0.25) is 0 Å². The fraction of sp³-hybridized carbons (Fsp3) is 0.222. The van der Waals surface area contributed by atoms with E-state index in [-0.39, 0.29) is 0 Å². The van der Waals surface area contributed by atoms with Gasteiger partial charge in [-0.15, -0.1) is 11.3 Å². The molecule has 3 aromatic rings. The van der Waals surface area contributed by atoms with Crippen LogP contribution < -0.4 is 0 Å². The lowest BCUT2D eigenvalue weighted by molar-refractivity contribution is 0.0693. The van der Waals surface area contributed by atoms with Crippen LogP contribution in [-0.2, 0) is 4.74 Å². The molecule has 1 aromatic carbocycles. The van der Waals surface area contributed by atoms with Gasteiger partial charge in [0.2, 0.25) is 0 Å². The summed E-state index contributed by atoms with van der Waals surface area (Å²) in [4.78, 5) is 4.20. The van der Waals surface area contributed by atoms with Crippen molar-refractivity contribution in [2.45, 2.75) is 0 Å². The average molecular weight is 355 g/mol. The van der Waals surface area contributed by atoms with Crippen molar-refractivity contribution in [2.24, 2.45) is 0 Å². The lowest BCUT2D eigenvalue weighted by Gasteiger charge is -2.28. The molecule has 4 rings (SSSR count). The molecule has 0 unspecified atom stereocenters. The van der Waals surface area contributed by atoms with E-state index in [1.807, 2.05) is 47.3 Å². The molecule has 2 aromatic heterocycles. The standard InChI is InChI=1S/C18H17N3OS2/c23-18(20-8-10-22-11-9-20)15-13-21(14-5-2-1-3-6-14)19-17(15)16-7-4-12-24-16/h1-7,12-13H,8-11H2. The Hall–Kier alpha value is -2.02. The van der Waals surface area contributed by atoms with Gasteiger partial charge in [-0.2, -0.15) is 5.10 Å². The molecule has 0 amide bonds. The summed E-state index contributed by atoms with van der Waals surface area (Å²) in [7, 11) is 0. The summed E-state index contributed by atoms with van der Waals surface area (Å²) in [6, 6.07) is 14.3. The van der Waals surface area contributed by atoms with Crippen LogP contribution in [0.4, 0.5) is 0 Å². The van der Waals surface area contributed by atoms with Crippen molar-refractivity contribution >= 4 is 28.5 Å². The molecule has 1 aliphatic heterocycles. The molecule has 3 heterocycles. The van der Waals surface area contributed by atoms with Crippen molar-refractivity contribution in [2.75, 3.05) is 26.3 Å². The molecule has 1 aliphatic rings. The van der Waals surface area contributed by atoms with Gasteiger partial charge in [0.25, 0.3) is 0 Å². The van der Waals surface area contributed by atoms with Crippen LogP contribution in [-0.4, -0.2) is 46.0 Å². The van der Waals surface area contributed by atoms with E-state index < -0.39 is 0 Å². The van der Waals surface area contributed by atoms with Crippen LogP contribution in [0.25, 0.3) is 16.3 Å². The summed E-state index contributed by atoms with van der Waals surface area (Å²) in [6.45, 7) is 3.11. The highest BCUT2D eigenvalue weighted by molar-refractivity contribution is 7.80. The van der Waals surface area contributed by atoms with Gasteiger partial charge < -0.3 is 9.64 Å². The predicted octanol–water partition coefficient (Wildman–Crippen LogP) is 3.61. The monoisotopic (exact) mass is 355 g/mol. The minimum Gasteiger partial charge on any atom is -0.378 e. The Morgan fingerprint density at radius 1 is 1.08 bits per heavy atom. The van der Waals surface area contributed by atoms with Crippen LogP contribution in [0.5, 0.6) is 0 Å². The zero-order valence-electron chi connectivity index (χ0n) is 13.1. The SMILES string of the molecule is S=C(c1cn(-c2ccccc2)nc1-c1cccs1)N1CCOCC1. The van der Waals surface area contributed by atoms with Crippen molar-refractivity contribution in [1.29, 1.82) is 0 Å². The second-order valence-electron chi connectivity index (χ2n) is 5.55. The minimum absolute atomic E-state index is 0.724. The summed E-state index contributed by atoms with van der Waals surface area (Å²) >= 11 is 7.47. The molecule has 24 heavy (non-hydrogen) atoms. The van der Waals surface area contributed by atoms with Crippen molar-refractivity contribution in [3.63, 3.8) is 0 Å². The van der Waals surface area contributed by atoms with Crippen LogP contribution in [0.15, 0.2) is 54.0 Å². The number of morpholine rings is 1. The minimum atomic E-state index is 0.724. The van der Waals surface area contributed by atoms with E-state index in [2.05, 4.69) is 16.3 Å². The predicted molar refractivity (Wildman–Crippen MR) is 101 cm³/mol. The van der Waals surface area contributed by atoms with Gasteiger partial charge in [-0.1, -0.05) is 36.5 Å². The third-order valence-corrected chi connectivity index (χ3v) is 5.37. The quantitative estimate of drug-likeness (QED) is 0.672. The summed E-state index contributed by atoms with van der Waals surface area (Å²) in [5.74, 6) is 0. The maximum absolute atomic E-state index is 5.79. The summed E-state index contributed by atoms with van der Waals surface area (Å²) in [5, 5.41) is 6.89. The number of thiocarbonyl (C=S) groups is 1. The molecule has 1 saturated heterocycles. The molecular weight excluding hydrogens is 338 g/mol.